The lowest BCUT2D eigenvalue weighted by atomic mass is 9.78. The van der Waals surface area contributed by atoms with E-state index in [0.717, 1.165) is 11.3 Å². The molecule has 0 saturated carbocycles. The number of carboxylic acids is 1. The molecule has 1 atom stereocenters. The Morgan fingerprint density at radius 2 is 2.04 bits per heavy atom. The third-order valence-corrected chi connectivity index (χ3v) is 5.36. The maximum atomic E-state index is 12.5. The van der Waals surface area contributed by atoms with Gasteiger partial charge in [-0.1, -0.05) is 0 Å². The van der Waals surface area contributed by atoms with Crippen molar-refractivity contribution in [1.29, 1.82) is 0 Å². The van der Waals surface area contributed by atoms with Crippen LogP contribution in [-0.4, -0.2) is 53.7 Å². The first kappa shape index (κ1) is 18.0. The highest BCUT2D eigenvalue weighted by molar-refractivity contribution is 5.91. The van der Waals surface area contributed by atoms with Crippen LogP contribution in [0.1, 0.15) is 24.8 Å². The highest BCUT2D eigenvalue weighted by Crippen LogP contribution is 2.37. The van der Waals surface area contributed by atoms with E-state index >= 15 is 0 Å². The Kier molecular flexibility index (Phi) is 4.76. The van der Waals surface area contributed by atoms with Gasteiger partial charge in [-0.3, -0.25) is 9.59 Å². The van der Waals surface area contributed by atoms with Crippen molar-refractivity contribution in [1.82, 2.24) is 10.2 Å². The van der Waals surface area contributed by atoms with Crippen LogP contribution >= 0.6 is 0 Å². The molecule has 1 aromatic carbocycles. The topological polar surface area (TPSA) is 108 Å². The summed E-state index contributed by atoms with van der Waals surface area (Å²) in [6.45, 7) is 2.67. The number of rotatable bonds is 3. The number of anilines is 1. The van der Waals surface area contributed by atoms with E-state index in [1.165, 1.54) is 0 Å². The summed E-state index contributed by atoms with van der Waals surface area (Å²) in [4.78, 5) is 37.4. The fourth-order valence-electron chi connectivity index (χ4n) is 3.80. The second-order valence-corrected chi connectivity index (χ2v) is 6.90. The summed E-state index contributed by atoms with van der Waals surface area (Å²) in [7, 11) is 1.59. The fraction of sp³-hybridized carbons (Fsp3) is 0.500. The summed E-state index contributed by atoms with van der Waals surface area (Å²) in [6, 6.07) is 5.17. The van der Waals surface area contributed by atoms with Gasteiger partial charge in [0.25, 0.3) is 0 Å². The number of carboxylic acid groups (broad SMARTS) is 1. The third-order valence-electron chi connectivity index (χ3n) is 5.36. The van der Waals surface area contributed by atoms with Crippen molar-refractivity contribution in [3.8, 4) is 5.75 Å². The van der Waals surface area contributed by atoms with Crippen molar-refractivity contribution in [2.24, 2.45) is 5.92 Å². The Morgan fingerprint density at radius 1 is 1.35 bits per heavy atom. The lowest BCUT2D eigenvalue weighted by molar-refractivity contribution is -0.144. The van der Waals surface area contributed by atoms with Crippen LogP contribution < -0.4 is 15.4 Å². The van der Waals surface area contributed by atoms with Gasteiger partial charge >= 0.3 is 12.0 Å². The van der Waals surface area contributed by atoms with Crippen LogP contribution in [0, 0.1) is 12.8 Å². The molecule has 2 heterocycles. The Bertz CT molecular complexity index is 740. The number of benzene rings is 1. The van der Waals surface area contributed by atoms with Crippen LogP contribution in [0.3, 0.4) is 0 Å². The maximum Gasteiger partial charge on any atom is 0.321 e. The van der Waals surface area contributed by atoms with Crippen molar-refractivity contribution in [3.05, 3.63) is 23.8 Å². The van der Waals surface area contributed by atoms with E-state index in [4.69, 9.17) is 4.74 Å². The van der Waals surface area contributed by atoms with E-state index in [2.05, 4.69) is 10.6 Å². The number of hydrogen-bond donors (Lipinski definition) is 3. The van der Waals surface area contributed by atoms with Crippen LogP contribution in [0.4, 0.5) is 10.5 Å². The summed E-state index contributed by atoms with van der Waals surface area (Å²) in [6.07, 6.45) is 0.877. The minimum absolute atomic E-state index is 0.00652. The Balaban J connectivity index is 1.64. The lowest BCUT2D eigenvalue weighted by Gasteiger charge is -2.41. The van der Waals surface area contributed by atoms with E-state index < -0.39 is 17.4 Å². The zero-order chi connectivity index (χ0) is 18.9. The molecule has 0 aliphatic carbocycles. The molecule has 0 bridgehead atoms. The second kappa shape index (κ2) is 6.86. The van der Waals surface area contributed by atoms with Gasteiger partial charge in [0, 0.05) is 25.2 Å². The number of aliphatic carboxylic acids is 1. The van der Waals surface area contributed by atoms with Crippen molar-refractivity contribution in [3.63, 3.8) is 0 Å². The molecule has 0 radical (unpaired) electrons. The highest BCUT2D eigenvalue weighted by Gasteiger charge is 2.52. The molecule has 26 heavy (non-hydrogen) atoms. The van der Waals surface area contributed by atoms with E-state index in [-0.39, 0.29) is 18.4 Å². The largest absolute Gasteiger partial charge is 0.497 e. The molecule has 0 aromatic heterocycles. The summed E-state index contributed by atoms with van der Waals surface area (Å²) in [5, 5.41) is 15.1. The number of likely N-dealkylation sites (tertiary alicyclic amines) is 1. The van der Waals surface area contributed by atoms with Crippen molar-refractivity contribution in [2.75, 3.05) is 25.5 Å². The summed E-state index contributed by atoms with van der Waals surface area (Å²) < 4.78 is 5.16. The van der Waals surface area contributed by atoms with Gasteiger partial charge in [0.1, 0.15) is 5.75 Å². The number of methoxy groups -OCH3 is 1. The first-order valence-corrected chi connectivity index (χ1v) is 8.59. The maximum absolute atomic E-state index is 12.5. The number of piperidine rings is 1. The number of carbonyl (C=O) groups excluding carboxylic acids is 2. The molecular weight excluding hydrogens is 338 g/mol. The minimum atomic E-state index is -0.963. The first-order chi connectivity index (χ1) is 12.3. The van der Waals surface area contributed by atoms with Gasteiger partial charge in [-0.05, 0) is 43.5 Å². The molecule has 1 aromatic rings. The Morgan fingerprint density at radius 3 is 2.62 bits per heavy atom. The van der Waals surface area contributed by atoms with Crippen LogP contribution in [0.15, 0.2) is 18.2 Å². The molecule has 2 aliphatic rings. The van der Waals surface area contributed by atoms with E-state index in [0.29, 0.717) is 31.6 Å². The average Bonchev–Trinajstić information content (AvgIpc) is 2.93. The second-order valence-electron chi connectivity index (χ2n) is 6.90. The molecule has 3 rings (SSSR count). The number of amides is 3. The van der Waals surface area contributed by atoms with E-state index in [1.54, 1.807) is 24.1 Å². The normalized spacial score (nSPS) is 21.4. The number of nitrogens with zero attached hydrogens (tertiary/aromatic N) is 1. The minimum Gasteiger partial charge on any atom is -0.497 e. The monoisotopic (exact) mass is 361 g/mol. The van der Waals surface area contributed by atoms with Crippen molar-refractivity contribution in [2.45, 2.75) is 31.7 Å². The Labute approximate surface area is 151 Å². The fourth-order valence-corrected chi connectivity index (χ4v) is 3.80. The molecule has 8 nitrogen and oxygen atoms in total. The predicted octanol–water partition coefficient (Wildman–Crippen LogP) is 1.59. The SMILES string of the molecule is COc1ccc(NC(=O)N2CCC3(CC2)NC(=O)C[C@H]3C(=O)O)c(C)c1. The highest BCUT2D eigenvalue weighted by atomic mass is 16.5. The molecular formula is C18H23N3O5. The summed E-state index contributed by atoms with van der Waals surface area (Å²) in [5.41, 5.74) is 0.851. The average molecular weight is 361 g/mol. The quantitative estimate of drug-likeness (QED) is 0.758. The van der Waals surface area contributed by atoms with Crippen LogP contribution in [-0.2, 0) is 9.59 Å². The van der Waals surface area contributed by atoms with Gasteiger partial charge in [-0.15, -0.1) is 0 Å². The van der Waals surface area contributed by atoms with Gasteiger partial charge in [0.2, 0.25) is 5.91 Å². The number of hydrogen-bond acceptors (Lipinski definition) is 4. The first-order valence-electron chi connectivity index (χ1n) is 8.59. The number of urea groups is 1. The van der Waals surface area contributed by atoms with E-state index in [9.17, 15) is 19.5 Å². The molecule has 3 amide bonds. The lowest BCUT2D eigenvalue weighted by Crippen LogP contribution is -2.57. The van der Waals surface area contributed by atoms with Crippen LogP contribution in [0.25, 0.3) is 0 Å². The molecule has 140 valence electrons. The van der Waals surface area contributed by atoms with Crippen LogP contribution in [0.2, 0.25) is 0 Å². The van der Waals surface area contributed by atoms with Gasteiger partial charge in [-0.25, -0.2) is 4.79 Å². The molecule has 2 aliphatic heterocycles. The molecule has 8 heteroatoms. The number of nitrogens with one attached hydrogen (secondary N) is 2. The van der Waals surface area contributed by atoms with Gasteiger partial charge < -0.3 is 25.4 Å². The molecule has 3 N–H and O–H groups in total. The van der Waals surface area contributed by atoms with Crippen molar-refractivity contribution < 1.29 is 24.2 Å². The van der Waals surface area contributed by atoms with Gasteiger partial charge in [0.15, 0.2) is 0 Å². The molecule has 2 saturated heterocycles. The summed E-state index contributed by atoms with van der Waals surface area (Å²) >= 11 is 0. The smallest absolute Gasteiger partial charge is 0.321 e. The molecule has 2 fully saturated rings. The predicted molar refractivity (Wildman–Crippen MR) is 94.2 cm³/mol. The van der Waals surface area contributed by atoms with E-state index in [1.807, 2.05) is 13.0 Å². The van der Waals surface area contributed by atoms with Gasteiger partial charge in [0.05, 0.1) is 18.6 Å². The van der Waals surface area contributed by atoms with Crippen LogP contribution in [0.5, 0.6) is 5.75 Å². The Hall–Kier alpha value is -2.77. The number of aryl methyl sites for hydroxylation is 1. The van der Waals surface area contributed by atoms with Crippen molar-refractivity contribution >= 4 is 23.6 Å². The summed E-state index contributed by atoms with van der Waals surface area (Å²) in [5.74, 6) is -1.21. The zero-order valence-corrected chi connectivity index (χ0v) is 14.9. The number of ether oxygens (including phenoxy) is 1. The molecule has 0 unspecified atom stereocenters. The van der Waals surface area contributed by atoms with Gasteiger partial charge in [-0.2, -0.15) is 0 Å². The molecule has 1 spiro atoms. The number of carbonyl (C=O) groups is 3. The third kappa shape index (κ3) is 3.31. The standard InChI is InChI=1S/C18H23N3O5/c1-11-9-12(26-2)3-4-14(11)19-17(25)21-7-5-18(6-8-21)13(16(23)24)10-15(22)20-18/h3-4,9,13H,5-8,10H2,1-2H3,(H,19,25)(H,20,22)(H,23,24)/t13-/m0/s1. The zero-order valence-electron chi connectivity index (χ0n) is 14.9.